The molecule has 0 radical (unpaired) electrons. The summed E-state index contributed by atoms with van der Waals surface area (Å²) in [6.45, 7) is 6.62. The van der Waals surface area contributed by atoms with Crippen LogP contribution in [0, 0.1) is 5.92 Å². The monoisotopic (exact) mass is 178 g/mol. The van der Waals surface area contributed by atoms with Crippen molar-refractivity contribution in [2.75, 3.05) is 0 Å². The van der Waals surface area contributed by atoms with Crippen molar-refractivity contribution in [2.24, 2.45) is 5.92 Å². The molecule has 0 saturated carbocycles. The van der Waals surface area contributed by atoms with Crippen molar-refractivity contribution >= 4 is 0 Å². The Hall–Kier alpha value is -0.820. The molecule has 0 amide bonds. The highest BCUT2D eigenvalue weighted by atomic mass is 14.6. The van der Waals surface area contributed by atoms with Crippen molar-refractivity contribution in [1.29, 1.82) is 0 Å². The lowest BCUT2D eigenvalue weighted by atomic mass is 10.0. The molecule has 0 aliphatic carbocycles. The average molecular weight is 178 g/mol. The summed E-state index contributed by atoms with van der Waals surface area (Å²) in [5.41, 5.74) is 6.76. The Morgan fingerprint density at radius 2 is 1.62 bits per heavy atom. The predicted molar refractivity (Wildman–Crippen MR) is 56.3 cm³/mol. The molecule has 0 bridgehead atoms. The molecular formula is C12H20N+. The van der Waals surface area contributed by atoms with Crippen molar-refractivity contribution in [3.8, 4) is 0 Å². The molecule has 1 aromatic carbocycles. The van der Waals surface area contributed by atoms with Gasteiger partial charge in [-0.1, -0.05) is 38.1 Å². The van der Waals surface area contributed by atoms with E-state index in [9.17, 15) is 0 Å². The van der Waals surface area contributed by atoms with Gasteiger partial charge >= 0.3 is 0 Å². The van der Waals surface area contributed by atoms with E-state index in [4.69, 9.17) is 0 Å². The third kappa shape index (κ3) is 3.19. The Kier molecular flexibility index (Phi) is 3.49. The number of hydrogen-bond acceptors (Lipinski definition) is 0. The topological polar surface area (TPSA) is 27.6 Å². The van der Waals surface area contributed by atoms with Gasteiger partial charge in [-0.15, -0.1) is 0 Å². The second kappa shape index (κ2) is 4.43. The van der Waals surface area contributed by atoms with E-state index >= 15 is 0 Å². The van der Waals surface area contributed by atoms with E-state index in [1.807, 2.05) is 0 Å². The molecule has 1 rings (SSSR count). The fourth-order valence-corrected chi connectivity index (χ4v) is 1.45. The number of quaternary nitrogens is 1. The minimum Gasteiger partial charge on any atom is -0.352 e. The van der Waals surface area contributed by atoms with Gasteiger partial charge in [0.1, 0.15) is 6.04 Å². The molecule has 72 valence electrons. The van der Waals surface area contributed by atoms with Gasteiger partial charge in [0.15, 0.2) is 0 Å². The highest BCUT2D eigenvalue weighted by Crippen LogP contribution is 2.12. The van der Waals surface area contributed by atoms with E-state index in [1.165, 1.54) is 17.5 Å². The molecule has 0 spiro atoms. The highest BCUT2D eigenvalue weighted by molar-refractivity contribution is 5.23. The van der Waals surface area contributed by atoms with Gasteiger partial charge in [-0.3, -0.25) is 0 Å². The lowest BCUT2D eigenvalue weighted by Gasteiger charge is -2.06. The lowest BCUT2D eigenvalue weighted by molar-refractivity contribution is -0.420. The molecule has 0 fully saturated rings. The first-order valence-corrected chi connectivity index (χ1v) is 5.01. The molecule has 0 heterocycles. The number of hydrogen-bond donors (Lipinski definition) is 1. The molecule has 1 atom stereocenters. The van der Waals surface area contributed by atoms with Crippen LogP contribution in [0.5, 0.6) is 0 Å². The Labute approximate surface area is 81.0 Å². The first-order chi connectivity index (χ1) is 6.09. The first kappa shape index (κ1) is 10.3. The summed E-state index contributed by atoms with van der Waals surface area (Å²) >= 11 is 0. The van der Waals surface area contributed by atoms with E-state index in [-0.39, 0.29) is 0 Å². The van der Waals surface area contributed by atoms with Crippen molar-refractivity contribution in [3.05, 3.63) is 35.4 Å². The van der Waals surface area contributed by atoms with E-state index in [1.54, 1.807) is 0 Å². The Morgan fingerprint density at radius 3 is 2.00 bits per heavy atom. The fraction of sp³-hybridized carbons (Fsp3) is 0.500. The standard InChI is InChI=1S/C12H19N/c1-9(2)8-11-4-6-12(7-5-11)10(3)13/h4-7,9-10H,8,13H2,1-3H3/p+1/t10-/m0/s1. The molecule has 0 aromatic heterocycles. The number of benzene rings is 1. The van der Waals surface area contributed by atoms with Crippen molar-refractivity contribution in [1.82, 2.24) is 0 Å². The van der Waals surface area contributed by atoms with Crippen molar-refractivity contribution < 1.29 is 5.73 Å². The van der Waals surface area contributed by atoms with E-state index in [0.717, 1.165) is 5.92 Å². The number of rotatable bonds is 3. The maximum absolute atomic E-state index is 4.00. The summed E-state index contributed by atoms with van der Waals surface area (Å²) in [5.74, 6) is 0.739. The summed E-state index contributed by atoms with van der Waals surface area (Å²) in [5, 5.41) is 0. The predicted octanol–water partition coefficient (Wildman–Crippen LogP) is 2.19. The second-order valence-electron chi connectivity index (χ2n) is 4.24. The van der Waals surface area contributed by atoms with Gasteiger partial charge < -0.3 is 5.73 Å². The second-order valence-corrected chi connectivity index (χ2v) is 4.24. The minimum absolute atomic E-state index is 0.396. The van der Waals surface area contributed by atoms with Crippen LogP contribution in [0.1, 0.15) is 37.9 Å². The van der Waals surface area contributed by atoms with Crippen LogP contribution < -0.4 is 5.73 Å². The molecule has 3 N–H and O–H groups in total. The van der Waals surface area contributed by atoms with Gasteiger partial charge in [-0.05, 0) is 24.8 Å². The van der Waals surface area contributed by atoms with Crippen LogP contribution >= 0.6 is 0 Å². The maximum Gasteiger partial charge on any atom is 0.107 e. The van der Waals surface area contributed by atoms with Gasteiger partial charge in [0.05, 0.1) is 0 Å². The molecule has 13 heavy (non-hydrogen) atoms. The van der Waals surface area contributed by atoms with Gasteiger partial charge in [0.2, 0.25) is 0 Å². The molecule has 0 aliphatic rings. The van der Waals surface area contributed by atoms with Crippen LogP contribution in [-0.2, 0) is 6.42 Å². The van der Waals surface area contributed by atoms with Gasteiger partial charge in [-0.2, -0.15) is 0 Å². The summed E-state index contributed by atoms with van der Waals surface area (Å²) in [7, 11) is 0. The van der Waals surface area contributed by atoms with Crippen LogP contribution in [0.4, 0.5) is 0 Å². The molecule has 0 aliphatic heterocycles. The van der Waals surface area contributed by atoms with Crippen LogP contribution in [-0.4, -0.2) is 0 Å². The third-order valence-corrected chi connectivity index (χ3v) is 2.19. The van der Waals surface area contributed by atoms with Crippen LogP contribution in [0.25, 0.3) is 0 Å². The smallest absolute Gasteiger partial charge is 0.107 e. The van der Waals surface area contributed by atoms with Gasteiger partial charge in [0.25, 0.3) is 0 Å². The van der Waals surface area contributed by atoms with Gasteiger partial charge in [0, 0.05) is 5.56 Å². The Balaban J connectivity index is 2.70. The zero-order valence-electron chi connectivity index (χ0n) is 8.88. The Bertz CT molecular complexity index is 246. The SMILES string of the molecule is CC(C)Cc1ccc([C@H](C)[NH3+])cc1. The van der Waals surface area contributed by atoms with Crippen molar-refractivity contribution in [3.63, 3.8) is 0 Å². The highest BCUT2D eigenvalue weighted by Gasteiger charge is 2.02. The fourth-order valence-electron chi connectivity index (χ4n) is 1.45. The van der Waals surface area contributed by atoms with Crippen LogP contribution in [0.3, 0.4) is 0 Å². The summed E-state index contributed by atoms with van der Waals surface area (Å²) in [4.78, 5) is 0. The zero-order chi connectivity index (χ0) is 9.84. The average Bonchev–Trinajstić information content (AvgIpc) is 2.04. The van der Waals surface area contributed by atoms with E-state index in [2.05, 4.69) is 50.8 Å². The summed E-state index contributed by atoms with van der Waals surface area (Å²) < 4.78 is 0. The quantitative estimate of drug-likeness (QED) is 0.735. The van der Waals surface area contributed by atoms with E-state index in [0.29, 0.717) is 6.04 Å². The normalized spacial score (nSPS) is 13.3. The molecule has 1 nitrogen and oxygen atoms in total. The maximum atomic E-state index is 4.00. The van der Waals surface area contributed by atoms with Crippen LogP contribution in [0.2, 0.25) is 0 Å². The lowest BCUT2D eigenvalue weighted by Crippen LogP contribution is -2.51. The summed E-state index contributed by atoms with van der Waals surface area (Å²) in [6, 6.07) is 9.21. The molecular weight excluding hydrogens is 158 g/mol. The Morgan fingerprint density at radius 1 is 1.08 bits per heavy atom. The largest absolute Gasteiger partial charge is 0.352 e. The molecule has 0 saturated heterocycles. The minimum atomic E-state index is 0.396. The van der Waals surface area contributed by atoms with Crippen LogP contribution in [0.15, 0.2) is 24.3 Å². The third-order valence-electron chi connectivity index (χ3n) is 2.19. The van der Waals surface area contributed by atoms with Crippen molar-refractivity contribution in [2.45, 2.75) is 33.2 Å². The first-order valence-electron chi connectivity index (χ1n) is 5.01. The van der Waals surface area contributed by atoms with E-state index < -0.39 is 0 Å². The molecule has 1 heteroatoms. The molecule has 1 aromatic rings. The van der Waals surface area contributed by atoms with Gasteiger partial charge in [-0.25, -0.2) is 0 Å². The summed E-state index contributed by atoms with van der Waals surface area (Å²) in [6.07, 6.45) is 1.17. The molecule has 0 unspecified atom stereocenters. The zero-order valence-corrected chi connectivity index (χ0v) is 8.88.